The largest absolute Gasteiger partial charge is 0.507 e. The van der Waals surface area contributed by atoms with E-state index < -0.39 is 0 Å². The summed E-state index contributed by atoms with van der Waals surface area (Å²) in [6.45, 7) is 9.97. The van der Waals surface area contributed by atoms with Gasteiger partial charge >= 0.3 is 0 Å². The van der Waals surface area contributed by atoms with E-state index in [4.69, 9.17) is 9.47 Å². The Morgan fingerprint density at radius 3 is 1.65 bits per heavy atom. The molecular formula is C23H30O3. The SMILES string of the molecule is CCc1cc(-c2cc(CC)c(OCC3CO3)c(CC)c2)cc(CC)c1O. The highest BCUT2D eigenvalue weighted by Crippen LogP contribution is 2.36. The highest BCUT2D eigenvalue weighted by molar-refractivity contribution is 5.70. The number of epoxide rings is 1. The van der Waals surface area contributed by atoms with Gasteiger partial charge in [0, 0.05) is 0 Å². The summed E-state index contributed by atoms with van der Waals surface area (Å²) in [5.41, 5.74) is 6.90. The topological polar surface area (TPSA) is 42.0 Å². The zero-order valence-electron chi connectivity index (χ0n) is 16.4. The van der Waals surface area contributed by atoms with Crippen LogP contribution in [0.25, 0.3) is 11.1 Å². The predicted molar refractivity (Wildman–Crippen MR) is 106 cm³/mol. The van der Waals surface area contributed by atoms with Gasteiger partial charge in [-0.3, -0.25) is 0 Å². The number of phenols is 1. The minimum atomic E-state index is 0.264. The van der Waals surface area contributed by atoms with Gasteiger partial charge in [0.15, 0.2) is 0 Å². The van der Waals surface area contributed by atoms with Gasteiger partial charge in [0.25, 0.3) is 0 Å². The molecule has 0 amide bonds. The maximum absolute atomic E-state index is 10.4. The standard InChI is InChI=1S/C23H30O3/c1-5-15-9-19(10-16(6-2)22(15)24)20-11-17(7-3)23(18(8-4)12-20)26-14-21-13-25-21/h9-12,21,24H,5-8,13-14H2,1-4H3. The lowest BCUT2D eigenvalue weighted by Gasteiger charge is -2.18. The van der Waals surface area contributed by atoms with E-state index in [1.807, 2.05) is 0 Å². The Bertz CT molecular complexity index is 725. The molecule has 0 spiro atoms. The van der Waals surface area contributed by atoms with Crippen LogP contribution in [0.4, 0.5) is 0 Å². The molecule has 1 saturated heterocycles. The maximum Gasteiger partial charge on any atom is 0.125 e. The van der Waals surface area contributed by atoms with Crippen LogP contribution in [0, 0.1) is 0 Å². The summed E-state index contributed by atoms with van der Waals surface area (Å²) < 4.78 is 11.4. The summed E-state index contributed by atoms with van der Waals surface area (Å²) in [5.74, 6) is 1.48. The van der Waals surface area contributed by atoms with Gasteiger partial charge in [0.1, 0.15) is 24.2 Å². The third-order valence-corrected chi connectivity index (χ3v) is 5.18. The van der Waals surface area contributed by atoms with Gasteiger partial charge in [-0.2, -0.15) is 0 Å². The van der Waals surface area contributed by atoms with Crippen molar-refractivity contribution in [3.63, 3.8) is 0 Å². The minimum Gasteiger partial charge on any atom is -0.507 e. The molecule has 0 saturated carbocycles. The third kappa shape index (κ3) is 3.88. The summed E-state index contributed by atoms with van der Waals surface area (Å²) in [4.78, 5) is 0. The van der Waals surface area contributed by atoms with E-state index in [1.165, 1.54) is 22.3 Å². The summed E-state index contributed by atoms with van der Waals surface area (Å²) in [6.07, 6.45) is 3.79. The molecule has 3 rings (SSSR count). The van der Waals surface area contributed by atoms with Crippen LogP contribution in [0.5, 0.6) is 11.5 Å². The van der Waals surface area contributed by atoms with Crippen LogP contribution in [-0.2, 0) is 30.4 Å². The third-order valence-electron chi connectivity index (χ3n) is 5.18. The molecule has 1 heterocycles. The zero-order chi connectivity index (χ0) is 18.7. The Hall–Kier alpha value is -2.00. The Labute approximate surface area is 157 Å². The number of aromatic hydroxyl groups is 1. The van der Waals surface area contributed by atoms with Crippen LogP contribution >= 0.6 is 0 Å². The fourth-order valence-corrected chi connectivity index (χ4v) is 3.44. The van der Waals surface area contributed by atoms with E-state index in [0.717, 1.165) is 49.2 Å². The first-order valence-electron chi connectivity index (χ1n) is 9.86. The normalized spacial score (nSPS) is 15.9. The number of ether oxygens (including phenoxy) is 2. The van der Waals surface area contributed by atoms with Crippen LogP contribution in [0.1, 0.15) is 49.9 Å². The van der Waals surface area contributed by atoms with E-state index >= 15 is 0 Å². The van der Waals surface area contributed by atoms with E-state index in [0.29, 0.717) is 12.4 Å². The molecule has 0 aliphatic carbocycles. The molecule has 1 aliphatic rings. The number of hydrogen-bond donors (Lipinski definition) is 1. The van der Waals surface area contributed by atoms with E-state index in [1.54, 1.807) is 0 Å². The van der Waals surface area contributed by atoms with Crippen LogP contribution in [0.2, 0.25) is 0 Å². The Morgan fingerprint density at radius 1 is 0.846 bits per heavy atom. The molecule has 0 radical (unpaired) electrons. The molecule has 1 N–H and O–H groups in total. The molecule has 1 unspecified atom stereocenters. The van der Waals surface area contributed by atoms with E-state index in [-0.39, 0.29) is 6.10 Å². The summed E-state index contributed by atoms with van der Waals surface area (Å²) in [5, 5.41) is 10.4. The molecule has 1 aliphatic heterocycles. The fourth-order valence-electron chi connectivity index (χ4n) is 3.44. The van der Waals surface area contributed by atoms with Gasteiger partial charge in [-0.25, -0.2) is 0 Å². The van der Waals surface area contributed by atoms with Crippen molar-refractivity contribution in [2.45, 2.75) is 59.5 Å². The van der Waals surface area contributed by atoms with Crippen molar-refractivity contribution in [3.05, 3.63) is 46.5 Å². The molecule has 140 valence electrons. The second-order valence-electron chi connectivity index (χ2n) is 6.95. The molecule has 2 aromatic carbocycles. The second kappa shape index (κ2) is 8.13. The van der Waals surface area contributed by atoms with Gasteiger partial charge in [-0.15, -0.1) is 0 Å². The summed E-state index contributed by atoms with van der Waals surface area (Å²) in [6, 6.07) is 8.74. The lowest BCUT2D eigenvalue weighted by atomic mass is 9.92. The first kappa shape index (κ1) is 18.8. The molecule has 2 aromatic rings. The molecule has 3 heteroatoms. The fraction of sp³-hybridized carbons (Fsp3) is 0.478. The van der Waals surface area contributed by atoms with Crippen molar-refractivity contribution in [3.8, 4) is 22.6 Å². The lowest BCUT2D eigenvalue weighted by molar-refractivity contribution is 0.259. The smallest absolute Gasteiger partial charge is 0.125 e. The predicted octanol–water partition coefficient (Wildman–Crippen LogP) is 5.09. The zero-order valence-corrected chi connectivity index (χ0v) is 16.4. The maximum atomic E-state index is 10.4. The Kier molecular flexibility index (Phi) is 5.87. The van der Waals surface area contributed by atoms with Crippen LogP contribution in [-0.4, -0.2) is 24.4 Å². The van der Waals surface area contributed by atoms with Crippen molar-refractivity contribution in [2.75, 3.05) is 13.2 Å². The average Bonchev–Trinajstić information content (AvgIpc) is 3.50. The summed E-state index contributed by atoms with van der Waals surface area (Å²) in [7, 11) is 0. The van der Waals surface area contributed by atoms with Gasteiger partial charge < -0.3 is 14.6 Å². The number of hydrogen-bond acceptors (Lipinski definition) is 3. The number of rotatable bonds is 8. The van der Waals surface area contributed by atoms with Crippen LogP contribution in [0.15, 0.2) is 24.3 Å². The van der Waals surface area contributed by atoms with Crippen molar-refractivity contribution < 1.29 is 14.6 Å². The van der Waals surface area contributed by atoms with Crippen LogP contribution < -0.4 is 4.74 Å². The number of benzene rings is 2. The lowest BCUT2D eigenvalue weighted by Crippen LogP contribution is -2.08. The Balaban J connectivity index is 2.04. The van der Waals surface area contributed by atoms with Gasteiger partial charge in [-0.05, 0) is 83.3 Å². The first-order chi connectivity index (χ1) is 12.6. The molecule has 1 atom stereocenters. The monoisotopic (exact) mass is 354 g/mol. The highest BCUT2D eigenvalue weighted by atomic mass is 16.6. The van der Waals surface area contributed by atoms with Crippen molar-refractivity contribution in [1.82, 2.24) is 0 Å². The van der Waals surface area contributed by atoms with Gasteiger partial charge in [0.05, 0.1) is 6.61 Å². The van der Waals surface area contributed by atoms with E-state index in [9.17, 15) is 5.11 Å². The number of phenolic OH excluding ortho intramolecular Hbond substituents is 1. The first-order valence-corrected chi connectivity index (χ1v) is 9.86. The van der Waals surface area contributed by atoms with Crippen molar-refractivity contribution in [2.24, 2.45) is 0 Å². The Morgan fingerprint density at radius 2 is 1.27 bits per heavy atom. The molecule has 26 heavy (non-hydrogen) atoms. The van der Waals surface area contributed by atoms with Gasteiger partial charge in [-0.1, -0.05) is 27.7 Å². The molecule has 0 bridgehead atoms. The second-order valence-corrected chi connectivity index (χ2v) is 6.95. The van der Waals surface area contributed by atoms with E-state index in [2.05, 4.69) is 52.0 Å². The molecule has 0 aromatic heterocycles. The van der Waals surface area contributed by atoms with Gasteiger partial charge in [0.2, 0.25) is 0 Å². The average molecular weight is 354 g/mol. The highest BCUT2D eigenvalue weighted by Gasteiger charge is 2.24. The summed E-state index contributed by atoms with van der Waals surface area (Å²) >= 11 is 0. The number of aryl methyl sites for hydroxylation is 4. The quantitative estimate of drug-likeness (QED) is 0.672. The van der Waals surface area contributed by atoms with Crippen molar-refractivity contribution >= 4 is 0 Å². The molecule has 3 nitrogen and oxygen atoms in total. The van der Waals surface area contributed by atoms with Crippen molar-refractivity contribution in [1.29, 1.82) is 0 Å². The van der Waals surface area contributed by atoms with Crippen LogP contribution in [0.3, 0.4) is 0 Å². The minimum absolute atomic E-state index is 0.264. The molecule has 1 fully saturated rings. The molecular weight excluding hydrogens is 324 g/mol.